The minimum atomic E-state index is 0.331. The van der Waals surface area contributed by atoms with Crippen molar-refractivity contribution >= 4 is 11.6 Å². The number of hydrogen-bond acceptors (Lipinski definition) is 6. The molecule has 0 bridgehead atoms. The van der Waals surface area contributed by atoms with E-state index < -0.39 is 0 Å². The number of hydrogen-bond donors (Lipinski definition) is 1. The molecule has 1 saturated heterocycles. The van der Waals surface area contributed by atoms with Crippen molar-refractivity contribution in [2.75, 3.05) is 37.9 Å². The van der Waals surface area contributed by atoms with Crippen LogP contribution in [-0.2, 0) is 19.4 Å². The van der Waals surface area contributed by atoms with Crippen LogP contribution in [0.5, 0.6) is 11.5 Å². The lowest BCUT2D eigenvalue weighted by Gasteiger charge is -2.34. The second-order valence-electron chi connectivity index (χ2n) is 7.79. The Morgan fingerprint density at radius 3 is 2.89 bits per heavy atom. The van der Waals surface area contributed by atoms with Crippen LogP contribution in [0.1, 0.15) is 23.2 Å². The van der Waals surface area contributed by atoms with E-state index in [1.54, 1.807) is 11.2 Å². The highest BCUT2D eigenvalue weighted by molar-refractivity contribution is 5.56. The third kappa shape index (κ3) is 2.59. The summed E-state index contributed by atoms with van der Waals surface area (Å²) in [5.41, 5.74) is 3.89. The minimum Gasteiger partial charge on any atom is -0.454 e. The predicted molar refractivity (Wildman–Crippen MR) is 102 cm³/mol. The lowest BCUT2D eigenvalue weighted by molar-refractivity contribution is -0.914. The Morgan fingerprint density at radius 2 is 1.96 bits per heavy atom. The Labute approximate surface area is 162 Å². The molecule has 6 rings (SSSR count). The molecule has 0 atom stereocenters. The minimum absolute atomic E-state index is 0.331. The van der Waals surface area contributed by atoms with Gasteiger partial charge in [0, 0.05) is 11.1 Å². The van der Waals surface area contributed by atoms with Crippen LogP contribution in [0.25, 0.3) is 5.78 Å². The fourth-order valence-electron chi connectivity index (χ4n) is 4.68. The van der Waals surface area contributed by atoms with Gasteiger partial charge >= 0.3 is 0 Å². The van der Waals surface area contributed by atoms with Crippen LogP contribution in [0.4, 0.5) is 5.82 Å². The van der Waals surface area contributed by atoms with E-state index >= 15 is 0 Å². The third-order valence-corrected chi connectivity index (χ3v) is 6.09. The number of aryl methyl sites for hydroxylation is 1. The van der Waals surface area contributed by atoms with Crippen LogP contribution in [0.15, 0.2) is 24.5 Å². The van der Waals surface area contributed by atoms with Crippen molar-refractivity contribution in [3.63, 3.8) is 0 Å². The molecule has 0 amide bonds. The van der Waals surface area contributed by atoms with Crippen molar-refractivity contribution in [1.82, 2.24) is 19.6 Å². The van der Waals surface area contributed by atoms with Gasteiger partial charge in [-0.05, 0) is 37.5 Å². The van der Waals surface area contributed by atoms with Gasteiger partial charge in [0.25, 0.3) is 5.78 Å². The number of nitrogens with zero attached hydrogens (tertiary/aromatic N) is 5. The Kier molecular flexibility index (Phi) is 3.65. The average Bonchev–Trinajstić information content (AvgIpc) is 3.46. The molecule has 8 heteroatoms. The highest BCUT2D eigenvalue weighted by Gasteiger charge is 2.28. The van der Waals surface area contributed by atoms with Gasteiger partial charge in [0.05, 0.1) is 31.9 Å². The van der Waals surface area contributed by atoms with E-state index in [1.807, 2.05) is 10.6 Å². The average molecular weight is 379 g/mol. The van der Waals surface area contributed by atoms with Crippen LogP contribution >= 0.6 is 0 Å². The molecule has 1 aliphatic carbocycles. The van der Waals surface area contributed by atoms with E-state index in [0.29, 0.717) is 6.79 Å². The number of ether oxygens (including phenoxy) is 2. The first-order valence-corrected chi connectivity index (χ1v) is 10.0. The molecule has 144 valence electrons. The van der Waals surface area contributed by atoms with Crippen molar-refractivity contribution in [3.8, 4) is 11.5 Å². The number of anilines is 1. The van der Waals surface area contributed by atoms with Gasteiger partial charge in [-0.2, -0.15) is 14.6 Å². The predicted octanol–water partition coefficient (Wildman–Crippen LogP) is 0.247. The number of nitrogens with one attached hydrogen (secondary N) is 1. The van der Waals surface area contributed by atoms with Crippen LogP contribution in [0.3, 0.4) is 0 Å². The Hall–Kier alpha value is -2.87. The van der Waals surface area contributed by atoms with Crippen molar-refractivity contribution < 1.29 is 14.4 Å². The monoisotopic (exact) mass is 379 g/mol. The van der Waals surface area contributed by atoms with Gasteiger partial charge in [0.15, 0.2) is 11.5 Å². The molecular formula is C20H23N6O2+. The molecule has 1 aromatic carbocycles. The number of aromatic nitrogens is 4. The van der Waals surface area contributed by atoms with Gasteiger partial charge in [0.2, 0.25) is 6.79 Å². The molecule has 2 aliphatic heterocycles. The lowest BCUT2D eigenvalue weighted by Crippen LogP contribution is -3.13. The first-order chi connectivity index (χ1) is 13.8. The second-order valence-corrected chi connectivity index (χ2v) is 7.79. The Balaban J connectivity index is 1.20. The largest absolute Gasteiger partial charge is 0.454 e. The summed E-state index contributed by atoms with van der Waals surface area (Å²) in [6.07, 6.45) is 4.94. The lowest BCUT2D eigenvalue weighted by atomic mass is 10.1. The summed E-state index contributed by atoms with van der Waals surface area (Å²) in [4.78, 5) is 13.1. The number of piperazine rings is 1. The van der Waals surface area contributed by atoms with Crippen LogP contribution in [0.2, 0.25) is 0 Å². The summed E-state index contributed by atoms with van der Waals surface area (Å²) >= 11 is 0. The molecule has 0 unspecified atom stereocenters. The standard InChI is InChI=1S/C20H22N6O2/c1-2-15-16(3-1)23-20-21-12-22-26(20)19(15)25-8-6-24(7-9-25)11-14-4-5-17-18(10-14)28-13-27-17/h4-5,10,12H,1-3,6-9,11,13H2/p+1. The summed E-state index contributed by atoms with van der Waals surface area (Å²) in [7, 11) is 0. The first kappa shape index (κ1) is 16.1. The highest BCUT2D eigenvalue weighted by atomic mass is 16.7. The van der Waals surface area contributed by atoms with Crippen molar-refractivity contribution in [1.29, 1.82) is 0 Å². The smallest absolute Gasteiger partial charge is 0.254 e. The number of rotatable bonds is 3. The molecule has 1 fully saturated rings. The number of quaternary nitrogens is 1. The van der Waals surface area contributed by atoms with Gasteiger partial charge in [-0.25, -0.2) is 4.98 Å². The Morgan fingerprint density at radius 1 is 1.07 bits per heavy atom. The maximum atomic E-state index is 5.52. The van der Waals surface area contributed by atoms with Crippen molar-refractivity contribution in [2.45, 2.75) is 25.8 Å². The maximum absolute atomic E-state index is 5.52. The van der Waals surface area contributed by atoms with Crippen molar-refractivity contribution in [2.24, 2.45) is 0 Å². The molecular weight excluding hydrogens is 356 g/mol. The molecule has 3 aromatic rings. The molecule has 1 N–H and O–H groups in total. The molecule has 0 saturated carbocycles. The first-order valence-electron chi connectivity index (χ1n) is 10.0. The Bertz CT molecular complexity index is 1040. The zero-order valence-corrected chi connectivity index (χ0v) is 15.7. The zero-order chi connectivity index (χ0) is 18.5. The fourth-order valence-corrected chi connectivity index (χ4v) is 4.68. The summed E-state index contributed by atoms with van der Waals surface area (Å²) in [6.45, 7) is 5.58. The van der Waals surface area contributed by atoms with E-state index in [4.69, 9.17) is 14.5 Å². The molecule has 8 nitrogen and oxygen atoms in total. The molecule has 0 radical (unpaired) electrons. The number of benzene rings is 1. The van der Waals surface area contributed by atoms with E-state index in [1.165, 1.54) is 29.1 Å². The van der Waals surface area contributed by atoms with Crippen LogP contribution < -0.4 is 19.3 Å². The summed E-state index contributed by atoms with van der Waals surface area (Å²) < 4.78 is 12.9. The van der Waals surface area contributed by atoms with Gasteiger partial charge in [-0.3, -0.25) is 0 Å². The third-order valence-electron chi connectivity index (χ3n) is 6.09. The summed E-state index contributed by atoms with van der Waals surface area (Å²) in [6, 6.07) is 6.30. The molecule has 28 heavy (non-hydrogen) atoms. The summed E-state index contributed by atoms with van der Waals surface area (Å²) in [5, 5.41) is 4.46. The van der Waals surface area contributed by atoms with E-state index in [0.717, 1.165) is 62.8 Å². The maximum Gasteiger partial charge on any atom is 0.254 e. The normalized spacial score (nSPS) is 18.8. The van der Waals surface area contributed by atoms with Gasteiger partial charge in [0.1, 0.15) is 18.7 Å². The zero-order valence-electron chi connectivity index (χ0n) is 15.7. The van der Waals surface area contributed by atoms with E-state index in [9.17, 15) is 0 Å². The molecule has 0 spiro atoms. The summed E-state index contributed by atoms with van der Waals surface area (Å²) in [5.74, 6) is 3.67. The van der Waals surface area contributed by atoms with Crippen LogP contribution in [0, 0.1) is 0 Å². The number of fused-ring (bicyclic) bond motifs is 3. The molecule has 3 aliphatic rings. The quantitative estimate of drug-likeness (QED) is 0.704. The second kappa shape index (κ2) is 6.34. The SMILES string of the molecule is c1nc2nc3c(c(N4CC[NH+](Cc5ccc6c(c5)OCO6)CC4)n2n1)CCC3. The molecule has 4 heterocycles. The topological polar surface area (TPSA) is 69.2 Å². The molecule has 2 aromatic heterocycles. The van der Waals surface area contributed by atoms with Crippen LogP contribution in [-0.4, -0.2) is 52.6 Å². The van der Waals surface area contributed by atoms with Gasteiger partial charge in [-0.1, -0.05) is 0 Å². The highest BCUT2D eigenvalue weighted by Crippen LogP contribution is 2.32. The fraction of sp³-hybridized carbons (Fsp3) is 0.450. The van der Waals surface area contributed by atoms with E-state index in [-0.39, 0.29) is 0 Å². The van der Waals surface area contributed by atoms with Crippen molar-refractivity contribution in [3.05, 3.63) is 41.3 Å². The van der Waals surface area contributed by atoms with E-state index in [2.05, 4.69) is 27.1 Å². The van der Waals surface area contributed by atoms with Gasteiger partial charge < -0.3 is 19.3 Å². The van der Waals surface area contributed by atoms with Gasteiger partial charge in [-0.15, -0.1) is 0 Å².